The van der Waals surface area contributed by atoms with Crippen LogP contribution in [0.2, 0.25) is 0 Å². The molecule has 0 spiro atoms. The number of benzene rings is 1. The van der Waals surface area contributed by atoms with Crippen LogP contribution in [0.25, 0.3) is 17.0 Å². The van der Waals surface area contributed by atoms with Gasteiger partial charge in [-0.3, -0.25) is 4.68 Å². The lowest BCUT2D eigenvalue weighted by molar-refractivity contribution is 0.269. The summed E-state index contributed by atoms with van der Waals surface area (Å²) in [7, 11) is 0. The van der Waals surface area contributed by atoms with Crippen LogP contribution < -0.4 is 5.32 Å². The fraction of sp³-hybridized carbons (Fsp3) is 0.333. The predicted molar refractivity (Wildman–Crippen MR) is 92.5 cm³/mol. The quantitative estimate of drug-likeness (QED) is 0.893. The number of rotatable bonds is 4. The van der Waals surface area contributed by atoms with Gasteiger partial charge in [0.25, 0.3) is 0 Å². The van der Waals surface area contributed by atoms with Crippen LogP contribution in [0.3, 0.4) is 0 Å². The van der Waals surface area contributed by atoms with Crippen molar-refractivity contribution in [1.82, 2.24) is 20.1 Å². The number of hydrogen-bond donors (Lipinski definition) is 2. The number of nitrogens with one attached hydrogen (secondary N) is 1. The zero-order valence-electron chi connectivity index (χ0n) is 12.1. The van der Waals surface area contributed by atoms with Crippen LogP contribution >= 0.6 is 24.8 Å². The molecule has 0 saturated heterocycles. The van der Waals surface area contributed by atoms with Gasteiger partial charge in [0.15, 0.2) is 5.82 Å². The number of halogens is 2. The minimum atomic E-state index is 0. The molecule has 1 aliphatic heterocycles. The number of nitrogens with zero attached hydrogens (tertiary/aromatic N) is 3. The molecule has 0 aliphatic carbocycles. The van der Waals surface area contributed by atoms with Crippen LogP contribution in [0.4, 0.5) is 0 Å². The van der Waals surface area contributed by atoms with E-state index in [4.69, 9.17) is 5.11 Å². The van der Waals surface area contributed by atoms with Crippen molar-refractivity contribution < 1.29 is 5.11 Å². The Morgan fingerprint density at radius 3 is 2.50 bits per heavy atom. The maximum absolute atomic E-state index is 8.88. The highest BCUT2D eigenvalue weighted by atomic mass is 35.5. The highest BCUT2D eigenvalue weighted by Gasteiger charge is 2.08. The summed E-state index contributed by atoms with van der Waals surface area (Å²) in [4.78, 5) is 4.26. The molecular formula is C15H20Cl2N4O. The molecule has 0 saturated carbocycles. The smallest absolute Gasteiger partial charge is 0.181 e. The normalized spacial score (nSPS) is 13.8. The summed E-state index contributed by atoms with van der Waals surface area (Å²) in [6.45, 7) is 2.54. The Hall–Kier alpha value is -1.40. The van der Waals surface area contributed by atoms with Crippen molar-refractivity contribution >= 4 is 30.4 Å². The van der Waals surface area contributed by atoms with Gasteiger partial charge in [0.2, 0.25) is 0 Å². The molecule has 1 aromatic heterocycles. The molecule has 22 heavy (non-hydrogen) atoms. The summed E-state index contributed by atoms with van der Waals surface area (Å²) in [5, 5.41) is 16.5. The first kappa shape index (κ1) is 18.6. The van der Waals surface area contributed by atoms with Gasteiger partial charge in [0, 0.05) is 12.1 Å². The van der Waals surface area contributed by atoms with Gasteiger partial charge in [-0.15, -0.1) is 24.8 Å². The Bertz CT molecular complexity index is 610. The van der Waals surface area contributed by atoms with Crippen LogP contribution in [0.5, 0.6) is 0 Å². The summed E-state index contributed by atoms with van der Waals surface area (Å²) in [5.74, 6) is 0.698. The van der Waals surface area contributed by atoms with Gasteiger partial charge in [0.05, 0.1) is 13.2 Å². The van der Waals surface area contributed by atoms with Gasteiger partial charge in [-0.1, -0.05) is 30.3 Å². The summed E-state index contributed by atoms with van der Waals surface area (Å²) >= 11 is 0. The molecule has 2 aromatic rings. The zero-order valence-corrected chi connectivity index (χ0v) is 13.7. The molecule has 0 amide bonds. The van der Waals surface area contributed by atoms with Gasteiger partial charge in [-0.2, -0.15) is 5.10 Å². The van der Waals surface area contributed by atoms with E-state index in [1.54, 1.807) is 11.0 Å². The third-order valence-electron chi connectivity index (χ3n) is 3.44. The zero-order chi connectivity index (χ0) is 13.8. The summed E-state index contributed by atoms with van der Waals surface area (Å²) < 4.78 is 1.65. The number of hydrogen-bond acceptors (Lipinski definition) is 4. The van der Waals surface area contributed by atoms with Gasteiger partial charge in [0.1, 0.15) is 6.33 Å². The Balaban J connectivity index is 0.00000121. The highest BCUT2D eigenvalue weighted by molar-refractivity contribution is 5.85. The maximum Gasteiger partial charge on any atom is 0.181 e. The summed E-state index contributed by atoms with van der Waals surface area (Å²) in [5.41, 5.74) is 3.67. The van der Waals surface area contributed by atoms with Crippen molar-refractivity contribution in [2.45, 2.75) is 13.0 Å². The maximum atomic E-state index is 8.88. The second kappa shape index (κ2) is 8.90. The van der Waals surface area contributed by atoms with E-state index in [1.807, 2.05) is 0 Å². The highest BCUT2D eigenvalue weighted by Crippen LogP contribution is 2.22. The molecule has 120 valence electrons. The van der Waals surface area contributed by atoms with Gasteiger partial charge >= 0.3 is 0 Å². The molecule has 0 unspecified atom stereocenters. The fourth-order valence-corrected chi connectivity index (χ4v) is 2.36. The third-order valence-corrected chi connectivity index (χ3v) is 3.44. The molecule has 2 heterocycles. The second-order valence-corrected chi connectivity index (χ2v) is 4.82. The molecule has 3 rings (SSSR count). The van der Waals surface area contributed by atoms with E-state index in [9.17, 15) is 0 Å². The third kappa shape index (κ3) is 4.30. The van der Waals surface area contributed by atoms with Gasteiger partial charge in [-0.05, 0) is 24.1 Å². The van der Waals surface area contributed by atoms with E-state index in [0.29, 0.717) is 12.4 Å². The average molecular weight is 343 g/mol. The van der Waals surface area contributed by atoms with Crippen molar-refractivity contribution in [2.75, 3.05) is 19.7 Å². The molecular weight excluding hydrogens is 323 g/mol. The molecule has 5 nitrogen and oxygen atoms in total. The minimum absolute atomic E-state index is 0. The van der Waals surface area contributed by atoms with Crippen molar-refractivity contribution in [1.29, 1.82) is 0 Å². The van der Waals surface area contributed by atoms with E-state index in [0.717, 1.165) is 25.1 Å². The van der Waals surface area contributed by atoms with E-state index >= 15 is 0 Å². The molecule has 7 heteroatoms. The van der Waals surface area contributed by atoms with Crippen molar-refractivity contribution in [2.24, 2.45) is 0 Å². The van der Waals surface area contributed by atoms with Crippen molar-refractivity contribution in [3.05, 3.63) is 42.2 Å². The lowest BCUT2D eigenvalue weighted by Gasteiger charge is -2.14. The van der Waals surface area contributed by atoms with E-state index in [-0.39, 0.29) is 31.4 Å². The Morgan fingerprint density at radius 1 is 1.14 bits per heavy atom. The van der Waals surface area contributed by atoms with Crippen LogP contribution in [0.1, 0.15) is 12.0 Å². The predicted octanol–water partition coefficient (Wildman–Crippen LogP) is 2.16. The van der Waals surface area contributed by atoms with E-state index < -0.39 is 0 Å². The van der Waals surface area contributed by atoms with E-state index in [2.05, 4.69) is 45.7 Å². The van der Waals surface area contributed by atoms with Gasteiger partial charge < -0.3 is 10.4 Å². The fourth-order valence-electron chi connectivity index (χ4n) is 2.36. The Morgan fingerprint density at radius 2 is 1.86 bits per heavy atom. The van der Waals surface area contributed by atoms with Crippen molar-refractivity contribution in [3.63, 3.8) is 0 Å². The largest absolute Gasteiger partial charge is 0.394 e. The Kier molecular flexibility index (Phi) is 7.55. The topological polar surface area (TPSA) is 63.0 Å². The Labute approximate surface area is 142 Å². The minimum Gasteiger partial charge on any atom is -0.394 e. The number of aliphatic hydroxyl groups is 1. The first-order valence-corrected chi connectivity index (χ1v) is 6.88. The van der Waals surface area contributed by atoms with Crippen LogP contribution in [-0.4, -0.2) is 39.6 Å². The monoisotopic (exact) mass is 342 g/mol. The second-order valence-electron chi connectivity index (χ2n) is 4.82. The first-order chi connectivity index (χ1) is 9.86. The molecule has 1 aliphatic rings. The lowest BCUT2D eigenvalue weighted by atomic mass is 9.99. The van der Waals surface area contributed by atoms with Crippen LogP contribution in [0, 0.1) is 0 Å². The number of aliphatic hydroxyl groups excluding tert-OH is 1. The van der Waals surface area contributed by atoms with Crippen LogP contribution in [-0.2, 0) is 6.54 Å². The first-order valence-electron chi connectivity index (χ1n) is 6.88. The summed E-state index contributed by atoms with van der Waals surface area (Å²) in [6.07, 6.45) is 4.96. The van der Waals surface area contributed by atoms with E-state index in [1.165, 1.54) is 11.1 Å². The van der Waals surface area contributed by atoms with Gasteiger partial charge in [-0.25, -0.2) is 4.98 Å². The molecule has 1 aromatic carbocycles. The SMILES string of the molecule is Cl.Cl.OCCn1cnc(-c2ccc(C3=CCNCC3)cc2)n1. The molecule has 0 bridgehead atoms. The lowest BCUT2D eigenvalue weighted by Crippen LogP contribution is -2.19. The summed E-state index contributed by atoms with van der Waals surface area (Å²) in [6, 6.07) is 8.35. The molecule has 0 fully saturated rings. The molecule has 0 radical (unpaired) electrons. The average Bonchev–Trinajstić information content (AvgIpc) is 2.97. The van der Waals surface area contributed by atoms with Crippen LogP contribution in [0.15, 0.2) is 36.7 Å². The molecule has 2 N–H and O–H groups in total. The molecule has 0 atom stereocenters. The van der Waals surface area contributed by atoms with Crippen molar-refractivity contribution in [3.8, 4) is 11.4 Å². The number of aromatic nitrogens is 3. The standard InChI is InChI=1S/C15H18N4O.2ClH/c20-10-9-19-11-17-15(18-19)14-3-1-12(2-4-14)13-5-7-16-8-6-13;;/h1-5,11,16,20H,6-10H2;2*1H.